The van der Waals surface area contributed by atoms with E-state index in [4.69, 9.17) is 10.5 Å². The van der Waals surface area contributed by atoms with Crippen molar-refractivity contribution < 1.29 is 13.9 Å². The summed E-state index contributed by atoms with van der Waals surface area (Å²) in [4.78, 5) is 12.1. The van der Waals surface area contributed by atoms with E-state index in [-0.39, 0.29) is 11.7 Å². The van der Waals surface area contributed by atoms with Crippen LogP contribution in [0.2, 0.25) is 0 Å². The Morgan fingerprint density at radius 1 is 1.04 bits per heavy atom. The first-order chi connectivity index (χ1) is 11.7. The molecule has 0 atom stereocenters. The quantitative estimate of drug-likeness (QED) is 0.667. The zero-order valence-electron chi connectivity index (χ0n) is 13.6. The van der Waals surface area contributed by atoms with Crippen molar-refractivity contribution in [1.82, 2.24) is 0 Å². The van der Waals surface area contributed by atoms with E-state index in [9.17, 15) is 9.18 Å². The number of nitrogens with one attached hydrogen (secondary N) is 1. The maximum Gasteiger partial charge on any atom is 0.224 e. The van der Waals surface area contributed by atoms with Crippen molar-refractivity contribution in [1.29, 1.82) is 0 Å². The summed E-state index contributed by atoms with van der Waals surface area (Å²) in [5, 5.41) is 2.85. The number of unbranched alkanes of at least 4 members (excludes halogenated alkanes) is 3. The first-order valence-corrected chi connectivity index (χ1v) is 8.21. The summed E-state index contributed by atoms with van der Waals surface area (Å²) < 4.78 is 18.9. The first kappa shape index (κ1) is 17.9. The number of nitrogens with two attached hydrogens (primary N) is 1. The molecule has 0 spiro atoms. The Balaban J connectivity index is 1.92. The lowest BCUT2D eigenvalue weighted by Crippen LogP contribution is -2.11. The zero-order valence-corrected chi connectivity index (χ0v) is 13.6. The van der Waals surface area contributed by atoms with Gasteiger partial charge in [-0.15, -0.1) is 0 Å². The molecule has 24 heavy (non-hydrogen) atoms. The highest BCUT2D eigenvalue weighted by Gasteiger charge is 2.08. The molecule has 2 aromatic carbocycles. The number of carbonyl (C=O) groups excluding carboxylic acids is 1. The Hall–Kier alpha value is -2.40. The minimum absolute atomic E-state index is 0.0574. The van der Waals surface area contributed by atoms with E-state index in [0.717, 1.165) is 25.7 Å². The Bertz CT molecular complexity index is 661. The third kappa shape index (κ3) is 6.01. The van der Waals surface area contributed by atoms with Gasteiger partial charge in [-0.3, -0.25) is 4.79 Å². The van der Waals surface area contributed by atoms with Gasteiger partial charge >= 0.3 is 0 Å². The molecule has 0 aliphatic carbocycles. The average molecular weight is 330 g/mol. The lowest BCUT2D eigenvalue weighted by atomic mass is 10.1. The number of hydrogen-bond acceptors (Lipinski definition) is 3. The van der Waals surface area contributed by atoms with E-state index in [0.29, 0.717) is 30.2 Å². The normalized spacial score (nSPS) is 10.4. The molecule has 128 valence electrons. The third-order valence-electron chi connectivity index (χ3n) is 3.54. The number of halogens is 1. The minimum Gasteiger partial charge on any atom is -0.455 e. The molecule has 1 amide bonds. The van der Waals surface area contributed by atoms with Crippen LogP contribution in [0.1, 0.15) is 32.1 Å². The molecule has 0 unspecified atom stereocenters. The molecule has 2 rings (SSSR count). The summed E-state index contributed by atoms with van der Waals surface area (Å²) in [5.41, 5.74) is 6.02. The number of anilines is 1. The van der Waals surface area contributed by atoms with Crippen molar-refractivity contribution in [3.8, 4) is 11.5 Å². The third-order valence-corrected chi connectivity index (χ3v) is 3.54. The van der Waals surface area contributed by atoms with Gasteiger partial charge in [-0.25, -0.2) is 4.39 Å². The second-order valence-corrected chi connectivity index (χ2v) is 5.56. The summed E-state index contributed by atoms with van der Waals surface area (Å²) in [6.45, 7) is 0.691. The summed E-state index contributed by atoms with van der Waals surface area (Å²) in [6.07, 6.45) is 4.32. The van der Waals surface area contributed by atoms with Gasteiger partial charge in [0, 0.05) is 12.5 Å². The summed E-state index contributed by atoms with van der Waals surface area (Å²) in [7, 11) is 0. The van der Waals surface area contributed by atoms with Crippen molar-refractivity contribution in [2.24, 2.45) is 5.73 Å². The molecular formula is C19H23FN2O2. The zero-order chi connectivity index (χ0) is 17.2. The number of para-hydroxylation sites is 2. The fourth-order valence-electron chi connectivity index (χ4n) is 2.31. The molecule has 0 bridgehead atoms. The van der Waals surface area contributed by atoms with Gasteiger partial charge < -0.3 is 15.8 Å². The van der Waals surface area contributed by atoms with Crippen LogP contribution < -0.4 is 15.8 Å². The molecular weight excluding hydrogens is 307 g/mol. The van der Waals surface area contributed by atoms with E-state index in [1.165, 1.54) is 12.1 Å². The molecule has 3 N–H and O–H groups in total. The van der Waals surface area contributed by atoms with Crippen LogP contribution in [0.5, 0.6) is 11.5 Å². The Morgan fingerprint density at radius 2 is 1.83 bits per heavy atom. The SMILES string of the molecule is NCCCCCCC(=O)Nc1ccccc1Oc1cccc(F)c1. The Morgan fingerprint density at radius 3 is 2.62 bits per heavy atom. The van der Waals surface area contributed by atoms with Gasteiger partial charge in [-0.1, -0.05) is 31.0 Å². The topological polar surface area (TPSA) is 64.4 Å². The molecule has 0 aliphatic rings. The van der Waals surface area contributed by atoms with Crippen LogP contribution in [0.4, 0.5) is 10.1 Å². The van der Waals surface area contributed by atoms with Crippen molar-refractivity contribution in [3.63, 3.8) is 0 Å². The molecule has 0 fully saturated rings. The van der Waals surface area contributed by atoms with Gasteiger partial charge in [0.05, 0.1) is 5.69 Å². The number of rotatable bonds is 9. The van der Waals surface area contributed by atoms with Crippen LogP contribution >= 0.6 is 0 Å². The van der Waals surface area contributed by atoms with Crippen LogP contribution in [0.3, 0.4) is 0 Å². The number of ether oxygens (including phenoxy) is 1. The van der Waals surface area contributed by atoms with Crippen LogP contribution in [0.25, 0.3) is 0 Å². The fourth-order valence-corrected chi connectivity index (χ4v) is 2.31. The average Bonchev–Trinajstić information content (AvgIpc) is 2.56. The highest BCUT2D eigenvalue weighted by Crippen LogP contribution is 2.29. The molecule has 4 nitrogen and oxygen atoms in total. The van der Waals surface area contributed by atoms with E-state index in [2.05, 4.69) is 5.32 Å². The maximum absolute atomic E-state index is 13.3. The second-order valence-electron chi connectivity index (χ2n) is 5.56. The largest absolute Gasteiger partial charge is 0.455 e. The van der Waals surface area contributed by atoms with Crippen LogP contribution in [-0.4, -0.2) is 12.5 Å². The summed E-state index contributed by atoms with van der Waals surface area (Å²) in [6, 6.07) is 13.0. The van der Waals surface area contributed by atoms with Crippen LogP contribution in [-0.2, 0) is 4.79 Å². The molecule has 0 aliphatic heterocycles. The standard InChI is InChI=1S/C19H23FN2O2/c20-15-8-7-9-16(14-15)24-18-11-5-4-10-17(18)22-19(23)12-3-1-2-6-13-21/h4-5,7-11,14H,1-3,6,12-13,21H2,(H,22,23). The van der Waals surface area contributed by atoms with Gasteiger partial charge in [-0.05, 0) is 43.7 Å². The predicted molar refractivity (Wildman–Crippen MR) is 93.7 cm³/mol. The van der Waals surface area contributed by atoms with Gasteiger partial charge in [0.2, 0.25) is 5.91 Å². The van der Waals surface area contributed by atoms with Crippen molar-refractivity contribution in [3.05, 3.63) is 54.3 Å². The fraction of sp³-hybridized carbons (Fsp3) is 0.316. The van der Waals surface area contributed by atoms with Crippen molar-refractivity contribution in [2.45, 2.75) is 32.1 Å². The number of benzene rings is 2. The van der Waals surface area contributed by atoms with Gasteiger partial charge in [0.1, 0.15) is 11.6 Å². The lowest BCUT2D eigenvalue weighted by Gasteiger charge is -2.12. The molecule has 5 heteroatoms. The number of amides is 1. The van der Waals surface area contributed by atoms with E-state index in [1.54, 1.807) is 30.3 Å². The molecule has 0 saturated carbocycles. The van der Waals surface area contributed by atoms with E-state index in [1.807, 2.05) is 6.07 Å². The van der Waals surface area contributed by atoms with Gasteiger partial charge in [0.25, 0.3) is 0 Å². The van der Waals surface area contributed by atoms with Crippen molar-refractivity contribution >= 4 is 11.6 Å². The van der Waals surface area contributed by atoms with Gasteiger partial charge in [-0.2, -0.15) is 0 Å². The number of hydrogen-bond donors (Lipinski definition) is 2. The highest BCUT2D eigenvalue weighted by molar-refractivity contribution is 5.92. The van der Waals surface area contributed by atoms with Crippen molar-refractivity contribution in [2.75, 3.05) is 11.9 Å². The first-order valence-electron chi connectivity index (χ1n) is 8.21. The molecule has 2 aromatic rings. The summed E-state index contributed by atoms with van der Waals surface area (Å²) in [5.74, 6) is 0.447. The molecule has 0 aromatic heterocycles. The van der Waals surface area contributed by atoms with E-state index < -0.39 is 0 Å². The van der Waals surface area contributed by atoms with E-state index >= 15 is 0 Å². The molecule has 0 saturated heterocycles. The van der Waals surface area contributed by atoms with Crippen LogP contribution in [0.15, 0.2) is 48.5 Å². The maximum atomic E-state index is 13.3. The second kappa shape index (κ2) is 9.67. The molecule has 0 heterocycles. The predicted octanol–water partition coefficient (Wildman–Crippen LogP) is 4.47. The Labute approximate surface area is 141 Å². The Kier molecular flexibility index (Phi) is 7.23. The minimum atomic E-state index is -0.369. The smallest absolute Gasteiger partial charge is 0.224 e. The van der Waals surface area contributed by atoms with Gasteiger partial charge in [0.15, 0.2) is 5.75 Å². The van der Waals surface area contributed by atoms with Crippen LogP contribution in [0, 0.1) is 5.82 Å². The molecule has 0 radical (unpaired) electrons. The lowest BCUT2D eigenvalue weighted by molar-refractivity contribution is -0.116. The summed E-state index contributed by atoms with van der Waals surface area (Å²) >= 11 is 0. The highest BCUT2D eigenvalue weighted by atomic mass is 19.1. The monoisotopic (exact) mass is 330 g/mol. The number of carbonyl (C=O) groups is 1.